The minimum Gasteiger partial charge on any atom is -0.496 e. The third kappa shape index (κ3) is 3.52. The molecule has 1 aromatic carbocycles. The van der Waals surface area contributed by atoms with E-state index in [-0.39, 0.29) is 11.5 Å². The van der Waals surface area contributed by atoms with Crippen molar-refractivity contribution >= 4 is 22.9 Å². The number of nitrogens with zero attached hydrogens (tertiary/aromatic N) is 5. The molecule has 8 nitrogen and oxygen atoms in total. The zero-order chi connectivity index (χ0) is 21.1. The Labute approximate surface area is 174 Å². The number of amides is 1. The summed E-state index contributed by atoms with van der Waals surface area (Å²) in [7, 11) is 1.55. The molecule has 0 atom stereocenters. The van der Waals surface area contributed by atoms with E-state index in [2.05, 4.69) is 16.5 Å². The van der Waals surface area contributed by atoms with Gasteiger partial charge >= 0.3 is 0 Å². The van der Waals surface area contributed by atoms with E-state index in [9.17, 15) is 9.59 Å². The van der Waals surface area contributed by atoms with Crippen molar-refractivity contribution in [2.75, 3.05) is 38.2 Å². The molecule has 8 heteroatoms. The molecule has 0 bridgehead atoms. The van der Waals surface area contributed by atoms with Gasteiger partial charge in [0.1, 0.15) is 11.3 Å². The van der Waals surface area contributed by atoms with Crippen LogP contribution in [0.5, 0.6) is 5.75 Å². The van der Waals surface area contributed by atoms with Crippen LogP contribution in [0, 0.1) is 0 Å². The van der Waals surface area contributed by atoms with Gasteiger partial charge in [-0.2, -0.15) is 0 Å². The van der Waals surface area contributed by atoms with Crippen LogP contribution in [0.1, 0.15) is 10.4 Å². The van der Waals surface area contributed by atoms with E-state index in [1.165, 1.54) is 0 Å². The molecule has 2 aromatic heterocycles. The van der Waals surface area contributed by atoms with Crippen molar-refractivity contribution in [3.8, 4) is 5.75 Å². The lowest BCUT2D eigenvalue weighted by atomic mass is 10.1. The van der Waals surface area contributed by atoms with Gasteiger partial charge in [0.2, 0.25) is 0 Å². The standard InChI is InChI=1S/C22H23N5O3/c1-3-11-27-19-17(8-6-10-23-19)24-20(22(27)29)25-12-14-26(15-13-25)21(28)16-7-4-5-9-18(16)30-2/h3-10H,1,11-15H2,2H3. The number of methoxy groups -OCH3 is 1. The number of carbonyl (C=O) groups excluding carboxylic acids is 1. The number of pyridine rings is 1. The Hall–Kier alpha value is -3.68. The van der Waals surface area contributed by atoms with Crippen molar-refractivity contribution in [2.24, 2.45) is 0 Å². The first-order valence-electron chi connectivity index (χ1n) is 9.77. The molecule has 30 heavy (non-hydrogen) atoms. The number of allylic oxidation sites excluding steroid dienone is 1. The molecule has 1 saturated heterocycles. The number of aromatic nitrogens is 3. The molecular formula is C22H23N5O3. The second-order valence-corrected chi connectivity index (χ2v) is 6.97. The Balaban J connectivity index is 1.58. The molecule has 154 valence electrons. The molecule has 4 rings (SSSR count). The summed E-state index contributed by atoms with van der Waals surface area (Å²) in [5.41, 5.74) is 1.53. The van der Waals surface area contributed by atoms with Gasteiger partial charge in [0, 0.05) is 38.9 Å². The molecule has 3 aromatic rings. The van der Waals surface area contributed by atoms with E-state index < -0.39 is 0 Å². The van der Waals surface area contributed by atoms with Crippen molar-refractivity contribution in [2.45, 2.75) is 6.54 Å². The first-order valence-corrected chi connectivity index (χ1v) is 9.77. The lowest BCUT2D eigenvalue weighted by molar-refractivity contribution is 0.0743. The van der Waals surface area contributed by atoms with Crippen LogP contribution in [-0.2, 0) is 6.54 Å². The van der Waals surface area contributed by atoms with Crippen LogP contribution in [0.3, 0.4) is 0 Å². The number of anilines is 1. The summed E-state index contributed by atoms with van der Waals surface area (Å²) < 4.78 is 6.89. The molecule has 1 fully saturated rings. The van der Waals surface area contributed by atoms with Crippen LogP contribution in [0.15, 0.2) is 60.0 Å². The first kappa shape index (κ1) is 19.6. The van der Waals surface area contributed by atoms with Gasteiger partial charge in [-0.05, 0) is 24.3 Å². The topological polar surface area (TPSA) is 80.6 Å². The lowest BCUT2D eigenvalue weighted by Gasteiger charge is -2.35. The number of benzene rings is 1. The van der Waals surface area contributed by atoms with Gasteiger partial charge in [0.05, 0.1) is 12.7 Å². The number of para-hydroxylation sites is 1. The highest BCUT2D eigenvalue weighted by Crippen LogP contribution is 2.21. The molecule has 1 amide bonds. The monoisotopic (exact) mass is 405 g/mol. The fraction of sp³-hybridized carbons (Fsp3) is 0.273. The second kappa shape index (κ2) is 8.36. The summed E-state index contributed by atoms with van der Waals surface area (Å²) in [6.45, 7) is 6.11. The number of piperazine rings is 1. The van der Waals surface area contributed by atoms with Gasteiger partial charge in [0.25, 0.3) is 11.5 Å². The molecule has 0 unspecified atom stereocenters. The molecule has 1 aliphatic rings. The predicted molar refractivity (Wildman–Crippen MR) is 115 cm³/mol. The largest absolute Gasteiger partial charge is 0.496 e. The fourth-order valence-corrected chi connectivity index (χ4v) is 3.68. The number of carbonyl (C=O) groups is 1. The smallest absolute Gasteiger partial charge is 0.295 e. The minimum atomic E-state index is -0.203. The average Bonchev–Trinajstić information content (AvgIpc) is 2.80. The van der Waals surface area contributed by atoms with Crippen molar-refractivity contribution in [1.29, 1.82) is 0 Å². The summed E-state index contributed by atoms with van der Waals surface area (Å²) in [4.78, 5) is 38.6. The molecule has 0 N–H and O–H groups in total. The van der Waals surface area contributed by atoms with Crippen molar-refractivity contribution < 1.29 is 9.53 Å². The molecule has 0 saturated carbocycles. The number of rotatable bonds is 5. The van der Waals surface area contributed by atoms with Gasteiger partial charge in [-0.15, -0.1) is 6.58 Å². The molecular weight excluding hydrogens is 382 g/mol. The molecule has 3 heterocycles. The lowest BCUT2D eigenvalue weighted by Crippen LogP contribution is -2.50. The molecule has 0 radical (unpaired) electrons. The summed E-state index contributed by atoms with van der Waals surface area (Å²) in [5, 5.41) is 0. The van der Waals surface area contributed by atoms with E-state index in [4.69, 9.17) is 4.74 Å². The van der Waals surface area contributed by atoms with Crippen LogP contribution in [0.4, 0.5) is 5.82 Å². The van der Waals surface area contributed by atoms with Crippen LogP contribution >= 0.6 is 0 Å². The maximum atomic E-state index is 13.1. The third-order valence-corrected chi connectivity index (χ3v) is 5.20. The fourth-order valence-electron chi connectivity index (χ4n) is 3.68. The number of fused-ring (bicyclic) bond motifs is 1. The van der Waals surface area contributed by atoms with E-state index in [1.807, 2.05) is 23.1 Å². The van der Waals surface area contributed by atoms with Crippen molar-refractivity contribution in [3.63, 3.8) is 0 Å². The Bertz CT molecular complexity index is 1150. The van der Waals surface area contributed by atoms with Crippen LogP contribution in [-0.4, -0.2) is 58.6 Å². The predicted octanol–water partition coefficient (Wildman–Crippen LogP) is 1.95. The van der Waals surface area contributed by atoms with Crippen LogP contribution in [0.25, 0.3) is 11.2 Å². The second-order valence-electron chi connectivity index (χ2n) is 6.97. The zero-order valence-electron chi connectivity index (χ0n) is 16.8. The highest BCUT2D eigenvalue weighted by molar-refractivity contribution is 5.97. The number of ether oxygens (including phenoxy) is 1. The highest BCUT2D eigenvalue weighted by Gasteiger charge is 2.26. The summed E-state index contributed by atoms with van der Waals surface area (Å²) in [6, 6.07) is 10.8. The van der Waals surface area contributed by atoms with Gasteiger partial charge in [0.15, 0.2) is 11.5 Å². The maximum Gasteiger partial charge on any atom is 0.295 e. The minimum absolute atomic E-state index is 0.0770. The summed E-state index contributed by atoms with van der Waals surface area (Å²) >= 11 is 0. The maximum absolute atomic E-state index is 13.1. The Morgan fingerprint density at radius 3 is 2.67 bits per heavy atom. The Kier molecular flexibility index (Phi) is 5.47. The van der Waals surface area contributed by atoms with Crippen LogP contribution < -0.4 is 15.2 Å². The summed E-state index contributed by atoms with van der Waals surface area (Å²) in [6.07, 6.45) is 3.31. The Morgan fingerprint density at radius 1 is 1.17 bits per heavy atom. The van der Waals surface area contributed by atoms with Gasteiger partial charge in [-0.3, -0.25) is 14.2 Å². The van der Waals surface area contributed by atoms with Crippen LogP contribution in [0.2, 0.25) is 0 Å². The Morgan fingerprint density at radius 2 is 1.93 bits per heavy atom. The van der Waals surface area contributed by atoms with Gasteiger partial charge < -0.3 is 14.5 Å². The molecule has 0 aliphatic carbocycles. The van der Waals surface area contributed by atoms with E-state index in [0.717, 1.165) is 0 Å². The van der Waals surface area contributed by atoms with Gasteiger partial charge in [-0.25, -0.2) is 9.97 Å². The van der Waals surface area contributed by atoms with E-state index in [1.54, 1.807) is 47.0 Å². The normalized spacial score (nSPS) is 14.0. The number of hydrogen-bond acceptors (Lipinski definition) is 6. The SMILES string of the molecule is C=CCn1c(=O)c(N2CCN(C(=O)c3ccccc3OC)CC2)nc2cccnc21. The van der Waals surface area contributed by atoms with E-state index in [0.29, 0.717) is 61.0 Å². The third-order valence-electron chi connectivity index (χ3n) is 5.20. The number of hydrogen-bond donors (Lipinski definition) is 0. The quantitative estimate of drug-likeness (QED) is 0.604. The summed E-state index contributed by atoms with van der Waals surface area (Å²) in [5.74, 6) is 0.856. The molecule has 1 aliphatic heterocycles. The van der Waals surface area contributed by atoms with E-state index >= 15 is 0 Å². The van der Waals surface area contributed by atoms with Crippen molar-refractivity contribution in [1.82, 2.24) is 19.4 Å². The zero-order valence-corrected chi connectivity index (χ0v) is 16.8. The average molecular weight is 405 g/mol. The highest BCUT2D eigenvalue weighted by atomic mass is 16.5. The first-order chi connectivity index (χ1) is 14.6. The van der Waals surface area contributed by atoms with Crippen molar-refractivity contribution in [3.05, 3.63) is 71.2 Å². The molecule has 0 spiro atoms. The van der Waals surface area contributed by atoms with Gasteiger partial charge in [-0.1, -0.05) is 18.2 Å².